The first-order valence-electron chi connectivity index (χ1n) is 27.2. The Bertz CT molecular complexity index is 1270. The van der Waals surface area contributed by atoms with Gasteiger partial charge in [0, 0.05) is 19.3 Å². The lowest BCUT2D eigenvalue weighted by Gasteiger charge is -2.18. The first kappa shape index (κ1) is 61.6. The molecule has 372 valence electrons. The SMILES string of the molecule is CC\C=C/C=C\C=C/CCCCCCCCCC(=O)OC(COC(=O)CCCCCCC\C=C/C=C\C=C/C=C\CCCCC)COC(=O)CCCCCCCCCCCCCCCC. The number of carbonyl (C=O) groups excluding carboxylic acids is 3. The van der Waals surface area contributed by atoms with Gasteiger partial charge in [-0.25, -0.2) is 0 Å². The minimum Gasteiger partial charge on any atom is -0.462 e. The lowest BCUT2D eigenvalue weighted by Crippen LogP contribution is -2.30. The van der Waals surface area contributed by atoms with E-state index >= 15 is 0 Å². The molecule has 0 radical (unpaired) electrons. The van der Waals surface area contributed by atoms with E-state index in [-0.39, 0.29) is 31.1 Å². The third kappa shape index (κ3) is 51.4. The molecule has 0 rings (SSSR count). The van der Waals surface area contributed by atoms with Crippen LogP contribution in [0.4, 0.5) is 0 Å². The van der Waals surface area contributed by atoms with Gasteiger partial charge in [-0.15, -0.1) is 0 Å². The molecule has 0 N–H and O–H groups in total. The lowest BCUT2D eigenvalue weighted by molar-refractivity contribution is -0.167. The number of hydrogen-bond acceptors (Lipinski definition) is 6. The van der Waals surface area contributed by atoms with E-state index in [9.17, 15) is 14.4 Å². The summed E-state index contributed by atoms with van der Waals surface area (Å²) < 4.78 is 16.8. The zero-order chi connectivity index (χ0) is 47.2. The molecule has 0 aromatic heterocycles. The first-order valence-corrected chi connectivity index (χ1v) is 27.2. The van der Waals surface area contributed by atoms with Gasteiger partial charge in [0.15, 0.2) is 6.10 Å². The third-order valence-electron chi connectivity index (χ3n) is 11.5. The lowest BCUT2D eigenvalue weighted by atomic mass is 10.0. The summed E-state index contributed by atoms with van der Waals surface area (Å²) in [6, 6.07) is 0. The number of allylic oxidation sites excluding steroid dienone is 14. The monoisotopic (exact) mass is 905 g/mol. The van der Waals surface area contributed by atoms with Crippen LogP contribution in [0.5, 0.6) is 0 Å². The fourth-order valence-corrected chi connectivity index (χ4v) is 7.45. The van der Waals surface area contributed by atoms with Crippen molar-refractivity contribution >= 4 is 17.9 Å². The summed E-state index contributed by atoms with van der Waals surface area (Å²) in [5.41, 5.74) is 0. The van der Waals surface area contributed by atoms with Gasteiger partial charge in [0.05, 0.1) is 0 Å². The van der Waals surface area contributed by atoms with Crippen LogP contribution in [-0.4, -0.2) is 37.2 Å². The van der Waals surface area contributed by atoms with Crippen molar-refractivity contribution in [1.82, 2.24) is 0 Å². The van der Waals surface area contributed by atoms with Crippen molar-refractivity contribution in [2.75, 3.05) is 13.2 Å². The summed E-state index contributed by atoms with van der Waals surface area (Å²) in [5, 5.41) is 0. The molecular formula is C59H100O6. The van der Waals surface area contributed by atoms with E-state index in [1.54, 1.807) is 0 Å². The average Bonchev–Trinajstić information content (AvgIpc) is 3.30. The van der Waals surface area contributed by atoms with Crippen LogP contribution in [0.1, 0.15) is 252 Å². The molecule has 0 heterocycles. The van der Waals surface area contributed by atoms with Crippen LogP contribution in [0, 0.1) is 0 Å². The molecule has 1 atom stereocenters. The molecule has 0 aliphatic heterocycles. The maximum absolute atomic E-state index is 12.8. The number of unbranched alkanes of at least 4 members (excludes halogenated alkanes) is 28. The highest BCUT2D eigenvalue weighted by Crippen LogP contribution is 2.15. The Kier molecular flexibility index (Phi) is 50.4. The summed E-state index contributed by atoms with van der Waals surface area (Å²) in [5.74, 6) is -0.920. The van der Waals surface area contributed by atoms with Crippen LogP contribution in [0.15, 0.2) is 85.1 Å². The quantitative estimate of drug-likeness (QED) is 0.0262. The van der Waals surface area contributed by atoms with Crippen LogP contribution >= 0.6 is 0 Å². The fraction of sp³-hybridized carbons (Fsp3) is 0.712. The molecule has 0 amide bonds. The Labute approximate surface area is 401 Å². The Morgan fingerprint density at radius 2 is 0.600 bits per heavy atom. The van der Waals surface area contributed by atoms with Gasteiger partial charge in [-0.05, 0) is 64.2 Å². The second kappa shape index (κ2) is 53.2. The van der Waals surface area contributed by atoms with Crippen LogP contribution in [0.25, 0.3) is 0 Å². The normalized spacial score (nSPS) is 12.7. The van der Waals surface area contributed by atoms with Gasteiger partial charge in [-0.1, -0.05) is 254 Å². The number of carbonyl (C=O) groups is 3. The maximum Gasteiger partial charge on any atom is 0.306 e. The molecule has 0 saturated carbocycles. The molecule has 0 aliphatic rings. The van der Waals surface area contributed by atoms with Gasteiger partial charge in [0.25, 0.3) is 0 Å². The van der Waals surface area contributed by atoms with E-state index in [1.165, 1.54) is 116 Å². The molecule has 6 heteroatoms. The van der Waals surface area contributed by atoms with E-state index in [0.29, 0.717) is 19.3 Å². The Morgan fingerprint density at radius 3 is 0.969 bits per heavy atom. The van der Waals surface area contributed by atoms with Crippen LogP contribution < -0.4 is 0 Å². The minimum atomic E-state index is -0.792. The Morgan fingerprint density at radius 1 is 0.323 bits per heavy atom. The van der Waals surface area contributed by atoms with E-state index in [4.69, 9.17) is 14.2 Å². The molecule has 0 aromatic rings. The second-order valence-electron chi connectivity index (χ2n) is 17.9. The highest BCUT2D eigenvalue weighted by Gasteiger charge is 2.19. The minimum absolute atomic E-state index is 0.0880. The summed E-state index contributed by atoms with van der Waals surface area (Å²) in [7, 11) is 0. The summed E-state index contributed by atoms with van der Waals surface area (Å²) in [6.45, 7) is 6.45. The zero-order valence-corrected chi connectivity index (χ0v) is 42.5. The van der Waals surface area contributed by atoms with Crippen molar-refractivity contribution in [3.8, 4) is 0 Å². The smallest absolute Gasteiger partial charge is 0.306 e. The van der Waals surface area contributed by atoms with Crippen LogP contribution in [0.3, 0.4) is 0 Å². The molecule has 0 spiro atoms. The predicted molar refractivity (Wildman–Crippen MR) is 279 cm³/mol. The van der Waals surface area contributed by atoms with E-state index in [0.717, 1.165) is 96.3 Å². The molecule has 6 nitrogen and oxygen atoms in total. The van der Waals surface area contributed by atoms with Crippen molar-refractivity contribution < 1.29 is 28.6 Å². The molecule has 0 saturated heterocycles. The topological polar surface area (TPSA) is 78.9 Å². The predicted octanol–water partition coefficient (Wildman–Crippen LogP) is 18.0. The van der Waals surface area contributed by atoms with Gasteiger partial charge >= 0.3 is 17.9 Å². The van der Waals surface area contributed by atoms with Crippen LogP contribution in [0.2, 0.25) is 0 Å². The number of ether oxygens (including phenoxy) is 3. The fourth-order valence-electron chi connectivity index (χ4n) is 7.45. The highest BCUT2D eigenvalue weighted by molar-refractivity contribution is 5.71. The largest absolute Gasteiger partial charge is 0.462 e. The summed E-state index contributed by atoms with van der Waals surface area (Å²) >= 11 is 0. The van der Waals surface area contributed by atoms with Crippen molar-refractivity contribution in [3.05, 3.63) is 85.1 Å². The molecular weight excluding hydrogens is 805 g/mol. The standard InChI is InChI=1S/C59H100O6/c1-4-7-10-13-16-19-22-25-28-29-30-32-34-37-40-43-46-49-52-58(61)64-55-56(54-63-57(60)51-48-45-42-39-36-33-27-24-21-18-15-12-9-6-3)65-59(62)53-50-47-44-41-38-35-31-26-23-20-17-14-11-8-5-2/h8,11,14,16-17,19-20,22-23,25,28-30,32,56H,4-7,9-10,12-13,15,18,21,24,26-27,31,33-55H2,1-3H3/b11-8-,17-14-,19-16-,23-20-,25-22-,29-28-,32-30-. The number of esters is 3. The van der Waals surface area contributed by atoms with Crippen molar-refractivity contribution in [3.63, 3.8) is 0 Å². The highest BCUT2D eigenvalue weighted by atomic mass is 16.6. The zero-order valence-electron chi connectivity index (χ0n) is 42.5. The van der Waals surface area contributed by atoms with Gasteiger partial charge < -0.3 is 14.2 Å². The van der Waals surface area contributed by atoms with E-state index in [1.807, 2.05) is 0 Å². The molecule has 0 fully saturated rings. The van der Waals surface area contributed by atoms with Crippen molar-refractivity contribution in [2.24, 2.45) is 0 Å². The molecule has 1 unspecified atom stereocenters. The third-order valence-corrected chi connectivity index (χ3v) is 11.5. The maximum atomic E-state index is 12.8. The average molecular weight is 905 g/mol. The van der Waals surface area contributed by atoms with Gasteiger partial charge in [-0.3, -0.25) is 14.4 Å². The van der Waals surface area contributed by atoms with Gasteiger partial charge in [0.2, 0.25) is 0 Å². The number of rotatable bonds is 48. The van der Waals surface area contributed by atoms with Crippen LogP contribution in [-0.2, 0) is 28.6 Å². The van der Waals surface area contributed by atoms with E-state index < -0.39 is 6.10 Å². The van der Waals surface area contributed by atoms with Crippen molar-refractivity contribution in [1.29, 1.82) is 0 Å². The van der Waals surface area contributed by atoms with Crippen molar-refractivity contribution in [2.45, 2.75) is 258 Å². The molecule has 65 heavy (non-hydrogen) atoms. The molecule has 0 bridgehead atoms. The second-order valence-corrected chi connectivity index (χ2v) is 17.9. The Hall–Kier alpha value is -3.41. The summed E-state index contributed by atoms with van der Waals surface area (Å²) in [6.07, 6.45) is 68.4. The first-order chi connectivity index (χ1) is 32.0. The van der Waals surface area contributed by atoms with Gasteiger partial charge in [0.1, 0.15) is 13.2 Å². The Balaban J connectivity index is 4.45. The van der Waals surface area contributed by atoms with Gasteiger partial charge in [-0.2, -0.15) is 0 Å². The van der Waals surface area contributed by atoms with E-state index in [2.05, 4.69) is 106 Å². The number of hydrogen-bond donors (Lipinski definition) is 0. The molecule has 0 aromatic carbocycles. The molecule has 0 aliphatic carbocycles. The summed E-state index contributed by atoms with van der Waals surface area (Å²) in [4.78, 5) is 38.1.